The first-order valence-corrected chi connectivity index (χ1v) is 9.76. The number of fused-ring (bicyclic) bond motifs is 1. The SMILES string of the molecule is Cn1c(=O)n([C@@H](Cc2ccccc2)C(=O)N[C@@H](CC(N)=O)C(=O)O)c(=O)c2ccccc21. The molecule has 0 saturated carbocycles. The maximum Gasteiger partial charge on any atom is 0.331 e. The van der Waals surface area contributed by atoms with Gasteiger partial charge in [0.25, 0.3) is 5.56 Å². The fourth-order valence-corrected chi connectivity index (χ4v) is 3.51. The van der Waals surface area contributed by atoms with Gasteiger partial charge in [-0.3, -0.25) is 19.0 Å². The smallest absolute Gasteiger partial charge is 0.331 e. The van der Waals surface area contributed by atoms with Crippen molar-refractivity contribution in [2.75, 3.05) is 0 Å². The van der Waals surface area contributed by atoms with Crippen LogP contribution in [0.1, 0.15) is 18.0 Å². The molecule has 0 aliphatic heterocycles. The summed E-state index contributed by atoms with van der Waals surface area (Å²) in [6, 6.07) is 12.2. The molecule has 0 fully saturated rings. The topological polar surface area (TPSA) is 153 Å². The van der Waals surface area contributed by atoms with E-state index >= 15 is 0 Å². The summed E-state index contributed by atoms with van der Waals surface area (Å²) in [6.45, 7) is 0. The molecule has 166 valence electrons. The highest BCUT2D eigenvalue weighted by atomic mass is 16.4. The van der Waals surface area contributed by atoms with Crippen LogP contribution in [0, 0.1) is 0 Å². The van der Waals surface area contributed by atoms with Gasteiger partial charge < -0.3 is 16.2 Å². The number of aryl methyl sites for hydroxylation is 1. The van der Waals surface area contributed by atoms with Gasteiger partial charge in [0.15, 0.2) is 0 Å². The second-order valence-electron chi connectivity index (χ2n) is 7.31. The molecule has 1 aromatic heterocycles. The van der Waals surface area contributed by atoms with Crippen LogP contribution >= 0.6 is 0 Å². The molecular weight excluding hydrogens is 416 g/mol. The van der Waals surface area contributed by atoms with E-state index in [1.54, 1.807) is 48.5 Å². The Kier molecular flexibility index (Phi) is 6.53. The number of amides is 2. The van der Waals surface area contributed by atoms with Gasteiger partial charge in [0.1, 0.15) is 12.1 Å². The molecule has 0 aliphatic rings. The number of hydrogen-bond donors (Lipinski definition) is 3. The molecule has 0 saturated heterocycles. The number of aliphatic carboxylic acids is 1. The molecular formula is C22H22N4O6. The first-order valence-electron chi connectivity index (χ1n) is 9.76. The lowest BCUT2D eigenvalue weighted by Gasteiger charge is -2.22. The fourth-order valence-electron chi connectivity index (χ4n) is 3.51. The number of nitrogens with one attached hydrogen (secondary N) is 1. The first kappa shape index (κ1) is 22.5. The Balaban J connectivity index is 2.15. The second kappa shape index (κ2) is 9.29. The second-order valence-corrected chi connectivity index (χ2v) is 7.31. The molecule has 0 unspecified atom stereocenters. The number of carboxylic acid groups (broad SMARTS) is 1. The predicted octanol–water partition coefficient (Wildman–Crippen LogP) is -0.0712. The lowest BCUT2D eigenvalue weighted by atomic mass is 10.0. The molecule has 0 radical (unpaired) electrons. The summed E-state index contributed by atoms with van der Waals surface area (Å²) in [4.78, 5) is 62.2. The monoisotopic (exact) mass is 438 g/mol. The number of para-hydroxylation sites is 1. The summed E-state index contributed by atoms with van der Waals surface area (Å²) in [6.07, 6.45) is -0.688. The number of carbonyl (C=O) groups excluding carboxylic acids is 2. The molecule has 4 N–H and O–H groups in total. The third-order valence-electron chi connectivity index (χ3n) is 5.11. The molecule has 2 aromatic carbocycles. The number of nitrogens with zero attached hydrogens (tertiary/aromatic N) is 2. The minimum atomic E-state index is -1.60. The summed E-state index contributed by atoms with van der Waals surface area (Å²) in [5.74, 6) is -3.28. The number of carboxylic acids is 1. The Morgan fingerprint density at radius 3 is 2.28 bits per heavy atom. The number of primary amides is 1. The lowest BCUT2D eigenvalue weighted by molar-refractivity contribution is -0.143. The van der Waals surface area contributed by atoms with E-state index in [0.29, 0.717) is 11.1 Å². The molecule has 2 atom stereocenters. The highest BCUT2D eigenvalue weighted by molar-refractivity contribution is 5.90. The van der Waals surface area contributed by atoms with Crippen LogP contribution in [0.5, 0.6) is 0 Å². The van der Waals surface area contributed by atoms with Crippen LogP contribution < -0.4 is 22.3 Å². The zero-order valence-corrected chi connectivity index (χ0v) is 17.2. The third-order valence-corrected chi connectivity index (χ3v) is 5.11. The van der Waals surface area contributed by atoms with Gasteiger partial charge in [0, 0.05) is 13.5 Å². The molecule has 1 heterocycles. The van der Waals surface area contributed by atoms with Gasteiger partial charge in [-0.1, -0.05) is 42.5 Å². The number of hydrogen-bond acceptors (Lipinski definition) is 5. The quantitative estimate of drug-likeness (QED) is 0.447. The Hall–Kier alpha value is -4.21. The fraction of sp³-hybridized carbons (Fsp3) is 0.227. The summed E-state index contributed by atoms with van der Waals surface area (Å²) in [5.41, 5.74) is 4.72. The van der Waals surface area contributed by atoms with E-state index in [4.69, 9.17) is 5.73 Å². The van der Waals surface area contributed by atoms with Crippen molar-refractivity contribution in [2.24, 2.45) is 12.8 Å². The van der Waals surface area contributed by atoms with E-state index in [-0.39, 0.29) is 11.8 Å². The maximum absolute atomic E-state index is 13.2. The number of carbonyl (C=O) groups is 3. The number of benzene rings is 2. The predicted molar refractivity (Wildman–Crippen MR) is 116 cm³/mol. The largest absolute Gasteiger partial charge is 0.480 e. The molecule has 3 aromatic rings. The van der Waals surface area contributed by atoms with E-state index in [1.807, 2.05) is 0 Å². The molecule has 2 amide bonds. The average molecular weight is 438 g/mol. The van der Waals surface area contributed by atoms with Crippen LogP contribution in [0.2, 0.25) is 0 Å². The van der Waals surface area contributed by atoms with Crippen LogP contribution in [0.15, 0.2) is 64.2 Å². The molecule has 10 nitrogen and oxygen atoms in total. The molecule has 10 heteroatoms. The van der Waals surface area contributed by atoms with E-state index in [0.717, 1.165) is 4.57 Å². The van der Waals surface area contributed by atoms with Crippen molar-refractivity contribution in [1.82, 2.24) is 14.5 Å². The van der Waals surface area contributed by atoms with Gasteiger partial charge >= 0.3 is 11.7 Å². The van der Waals surface area contributed by atoms with E-state index in [2.05, 4.69) is 5.32 Å². The molecule has 0 bridgehead atoms. The zero-order valence-electron chi connectivity index (χ0n) is 17.2. The Morgan fingerprint density at radius 1 is 1.03 bits per heavy atom. The number of nitrogens with two attached hydrogens (primary N) is 1. The van der Waals surface area contributed by atoms with Crippen molar-refractivity contribution in [3.8, 4) is 0 Å². The normalized spacial score (nSPS) is 12.8. The van der Waals surface area contributed by atoms with Gasteiger partial charge in [0.2, 0.25) is 11.8 Å². The molecule has 0 aliphatic carbocycles. The lowest BCUT2D eigenvalue weighted by Crippen LogP contribution is -2.51. The highest BCUT2D eigenvalue weighted by Gasteiger charge is 2.30. The highest BCUT2D eigenvalue weighted by Crippen LogP contribution is 2.15. The molecule has 3 rings (SSSR count). The molecule has 32 heavy (non-hydrogen) atoms. The van der Waals surface area contributed by atoms with Crippen molar-refractivity contribution in [1.29, 1.82) is 0 Å². The summed E-state index contributed by atoms with van der Waals surface area (Å²) >= 11 is 0. The van der Waals surface area contributed by atoms with Crippen molar-refractivity contribution in [3.63, 3.8) is 0 Å². The zero-order chi connectivity index (χ0) is 23.4. The van der Waals surface area contributed by atoms with Crippen LogP contribution in [0.4, 0.5) is 0 Å². The van der Waals surface area contributed by atoms with Crippen LogP contribution in [-0.2, 0) is 27.9 Å². The minimum absolute atomic E-state index is 0.0525. The summed E-state index contributed by atoms with van der Waals surface area (Å²) < 4.78 is 2.06. The van der Waals surface area contributed by atoms with Crippen molar-refractivity contribution in [2.45, 2.75) is 24.9 Å². The van der Waals surface area contributed by atoms with Crippen LogP contribution in [0.3, 0.4) is 0 Å². The minimum Gasteiger partial charge on any atom is -0.480 e. The standard InChI is InChI=1S/C22H22N4O6/c1-25-16-10-6-5-9-14(16)20(29)26(22(25)32)17(11-13-7-3-2-4-8-13)19(28)24-15(21(30)31)12-18(23)27/h2-10,15,17H,11-12H2,1H3,(H2,23,27)(H,24,28)(H,30,31)/t15-,17-/m0/s1. The van der Waals surface area contributed by atoms with Crippen molar-refractivity contribution < 1.29 is 19.5 Å². The Labute approximate surface area is 181 Å². The summed E-state index contributed by atoms with van der Waals surface area (Å²) in [5, 5.41) is 11.8. The Morgan fingerprint density at radius 2 is 1.66 bits per heavy atom. The van der Waals surface area contributed by atoms with Crippen molar-refractivity contribution in [3.05, 3.63) is 81.0 Å². The van der Waals surface area contributed by atoms with Gasteiger partial charge in [-0.25, -0.2) is 14.2 Å². The van der Waals surface area contributed by atoms with Gasteiger partial charge in [0.05, 0.1) is 17.3 Å². The van der Waals surface area contributed by atoms with Gasteiger partial charge in [-0.05, 0) is 17.7 Å². The van der Waals surface area contributed by atoms with Crippen molar-refractivity contribution >= 4 is 28.7 Å². The third kappa shape index (κ3) is 4.59. The van der Waals surface area contributed by atoms with Crippen LogP contribution in [-0.4, -0.2) is 38.1 Å². The maximum atomic E-state index is 13.2. The summed E-state index contributed by atoms with van der Waals surface area (Å²) in [7, 11) is 1.48. The van der Waals surface area contributed by atoms with Gasteiger partial charge in [-0.2, -0.15) is 0 Å². The molecule has 0 spiro atoms. The number of aromatic nitrogens is 2. The number of rotatable bonds is 8. The first-order chi connectivity index (χ1) is 15.2. The average Bonchev–Trinajstić information content (AvgIpc) is 2.76. The van der Waals surface area contributed by atoms with E-state index in [9.17, 15) is 29.1 Å². The van der Waals surface area contributed by atoms with E-state index < -0.39 is 47.5 Å². The van der Waals surface area contributed by atoms with Crippen LogP contribution in [0.25, 0.3) is 10.9 Å². The van der Waals surface area contributed by atoms with Gasteiger partial charge in [-0.15, -0.1) is 0 Å². The Bertz CT molecular complexity index is 1300. The van der Waals surface area contributed by atoms with E-state index in [1.165, 1.54) is 17.7 Å².